The predicted molar refractivity (Wildman–Crippen MR) is 70.2 cm³/mol. The maximum Gasteiger partial charge on any atom is 0.340 e. The molecule has 1 heterocycles. The van der Waals surface area contributed by atoms with Crippen LogP contribution in [-0.2, 0) is 9.80 Å². The second-order valence-electron chi connectivity index (χ2n) is 4.23. The first-order valence-corrected chi connectivity index (χ1v) is 6.12. The molecule has 3 rings (SSSR count). The SMILES string of the molecule is O=C1OC(Cl)(C(=O)c2ccccc2)c2ccccc21. The van der Waals surface area contributed by atoms with Crippen LogP contribution in [0, 0.1) is 0 Å². The molecule has 0 saturated heterocycles. The summed E-state index contributed by atoms with van der Waals surface area (Å²) in [7, 11) is 0. The summed E-state index contributed by atoms with van der Waals surface area (Å²) in [6.45, 7) is 0. The van der Waals surface area contributed by atoms with E-state index in [1.54, 1.807) is 54.6 Å². The number of halogens is 1. The first kappa shape index (κ1) is 11.9. The van der Waals surface area contributed by atoms with E-state index in [1.807, 2.05) is 0 Å². The Morgan fingerprint density at radius 2 is 1.63 bits per heavy atom. The summed E-state index contributed by atoms with van der Waals surface area (Å²) in [4.78, 5) is 24.2. The van der Waals surface area contributed by atoms with Crippen molar-refractivity contribution >= 4 is 23.4 Å². The van der Waals surface area contributed by atoms with Gasteiger partial charge in [-0.1, -0.05) is 60.1 Å². The van der Waals surface area contributed by atoms with Crippen LogP contribution in [0.4, 0.5) is 0 Å². The molecule has 19 heavy (non-hydrogen) atoms. The topological polar surface area (TPSA) is 43.4 Å². The van der Waals surface area contributed by atoms with Gasteiger partial charge >= 0.3 is 5.97 Å². The number of ether oxygens (including phenoxy) is 1. The Kier molecular flexibility index (Phi) is 2.64. The van der Waals surface area contributed by atoms with Gasteiger partial charge < -0.3 is 4.74 Å². The van der Waals surface area contributed by atoms with Crippen LogP contribution in [0.3, 0.4) is 0 Å². The van der Waals surface area contributed by atoms with Crippen molar-refractivity contribution < 1.29 is 14.3 Å². The number of rotatable bonds is 2. The minimum absolute atomic E-state index is 0.335. The number of hydrogen-bond acceptors (Lipinski definition) is 3. The fraction of sp³-hybridized carbons (Fsp3) is 0.0667. The summed E-state index contributed by atoms with van der Waals surface area (Å²) in [6, 6.07) is 15.2. The summed E-state index contributed by atoms with van der Waals surface area (Å²) in [5.74, 6) is -1.01. The fourth-order valence-electron chi connectivity index (χ4n) is 2.12. The van der Waals surface area contributed by atoms with Gasteiger partial charge in [-0.25, -0.2) is 4.79 Å². The van der Waals surface area contributed by atoms with Crippen molar-refractivity contribution in [1.29, 1.82) is 0 Å². The van der Waals surface area contributed by atoms with Gasteiger partial charge in [-0.3, -0.25) is 4.79 Å². The normalized spacial score (nSPS) is 20.8. The molecule has 0 amide bonds. The van der Waals surface area contributed by atoms with Crippen LogP contribution in [0.15, 0.2) is 54.6 Å². The molecule has 0 aromatic heterocycles. The molecule has 1 atom stereocenters. The molecule has 0 aliphatic carbocycles. The van der Waals surface area contributed by atoms with Crippen molar-refractivity contribution in [1.82, 2.24) is 0 Å². The molecule has 1 aliphatic rings. The molecule has 0 bridgehead atoms. The molecule has 2 aromatic carbocycles. The monoisotopic (exact) mass is 272 g/mol. The van der Waals surface area contributed by atoms with Crippen molar-refractivity contribution in [2.75, 3.05) is 0 Å². The van der Waals surface area contributed by atoms with E-state index in [2.05, 4.69) is 0 Å². The number of benzene rings is 2. The summed E-state index contributed by atoms with van der Waals surface area (Å²) in [5, 5.41) is -1.75. The molecule has 2 aromatic rings. The van der Waals surface area contributed by atoms with E-state index in [-0.39, 0.29) is 0 Å². The van der Waals surface area contributed by atoms with Crippen molar-refractivity contribution in [3.05, 3.63) is 71.3 Å². The molecular formula is C15H9ClO3. The van der Waals surface area contributed by atoms with Crippen LogP contribution >= 0.6 is 11.6 Å². The molecule has 0 fully saturated rings. The van der Waals surface area contributed by atoms with E-state index >= 15 is 0 Å². The number of carbonyl (C=O) groups excluding carboxylic acids is 2. The summed E-state index contributed by atoms with van der Waals surface area (Å²) in [6.07, 6.45) is 0. The number of hydrogen-bond donors (Lipinski definition) is 0. The van der Waals surface area contributed by atoms with Gasteiger partial charge in [0, 0.05) is 11.1 Å². The summed E-state index contributed by atoms with van der Waals surface area (Å²) < 4.78 is 5.11. The first-order chi connectivity index (χ1) is 9.13. The van der Waals surface area contributed by atoms with E-state index < -0.39 is 16.8 Å². The predicted octanol–water partition coefficient (Wildman–Crippen LogP) is 3.13. The average molecular weight is 273 g/mol. The highest BCUT2D eigenvalue weighted by Crippen LogP contribution is 2.42. The van der Waals surface area contributed by atoms with Crippen LogP contribution < -0.4 is 0 Å². The smallest absolute Gasteiger partial charge is 0.340 e. The molecule has 1 unspecified atom stereocenters. The zero-order valence-electron chi connectivity index (χ0n) is 9.80. The fourth-order valence-corrected chi connectivity index (χ4v) is 2.47. The molecule has 4 heteroatoms. The number of carbonyl (C=O) groups is 2. The Labute approximate surface area is 114 Å². The average Bonchev–Trinajstić information content (AvgIpc) is 2.72. The van der Waals surface area contributed by atoms with Gasteiger partial charge in [0.25, 0.3) is 5.06 Å². The minimum atomic E-state index is -1.75. The van der Waals surface area contributed by atoms with Gasteiger partial charge in [-0.2, -0.15) is 0 Å². The number of esters is 1. The Balaban J connectivity index is 2.11. The van der Waals surface area contributed by atoms with Gasteiger partial charge in [-0.05, 0) is 6.07 Å². The highest BCUT2D eigenvalue weighted by atomic mass is 35.5. The molecule has 0 radical (unpaired) electrons. The standard InChI is InChI=1S/C15H9ClO3/c16-15(13(17)10-6-2-1-3-7-10)12-9-5-4-8-11(12)14(18)19-15/h1-9H. The van der Waals surface area contributed by atoms with E-state index in [1.165, 1.54) is 0 Å². The van der Waals surface area contributed by atoms with Crippen LogP contribution in [0.5, 0.6) is 0 Å². The summed E-state index contributed by atoms with van der Waals surface area (Å²) >= 11 is 6.29. The van der Waals surface area contributed by atoms with Crippen LogP contribution in [0.1, 0.15) is 26.3 Å². The van der Waals surface area contributed by atoms with Gasteiger partial charge in [0.2, 0.25) is 5.78 Å². The Morgan fingerprint density at radius 1 is 1.00 bits per heavy atom. The van der Waals surface area contributed by atoms with Gasteiger partial charge in [0.1, 0.15) is 0 Å². The zero-order chi connectivity index (χ0) is 13.5. The maximum absolute atomic E-state index is 12.5. The molecule has 3 nitrogen and oxygen atoms in total. The lowest BCUT2D eigenvalue weighted by Gasteiger charge is -2.19. The van der Waals surface area contributed by atoms with Gasteiger partial charge in [0.15, 0.2) is 0 Å². The van der Waals surface area contributed by atoms with Crippen LogP contribution in [0.25, 0.3) is 0 Å². The molecule has 0 saturated carbocycles. The molecule has 0 N–H and O–H groups in total. The third-order valence-corrected chi connectivity index (χ3v) is 3.51. The molecule has 1 aliphatic heterocycles. The quantitative estimate of drug-likeness (QED) is 0.479. The number of alkyl halides is 1. The number of ketones is 1. The Morgan fingerprint density at radius 3 is 2.37 bits per heavy atom. The van der Waals surface area contributed by atoms with Crippen LogP contribution in [0.2, 0.25) is 0 Å². The van der Waals surface area contributed by atoms with Crippen LogP contribution in [-0.4, -0.2) is 11.8 Å². The third kappa shape index (κ3) is 1.74. The minimum Gasteiger partial charge on any atom is -0.427 e. The van der Waals surface area contributed by atoms with Gasteiger partial charge in [0.05, 0.1) is 5.56 Å². The lowest BCUT2D eigenvalue weighted by molar-refractivity contribution is 0.0251. The van der Waals surface area contributed by atoms with Crippen molar-refractivity contribution in [2.45, 2.75) is 5.06 Å². The van der Waals surface area contributed by atoms with Crippen molar-refractivity contribution in [2.24, 2.45) is 0 Å². The van der Waals surface area contributed by atoms with Crippen molar-refractivity contribution in [3.8, 4) is 0 Å². The molecule has 94 valence electrons. The van der Waals surface area contributed by atoms with E-state index in [4.69, 9.17) is 16.3 Å². The Bertz CT molecular complexity index is 666. The third-order valence-electron chi connectivity index (χ3n) is 3.05. The second kappa shape index (κ2) is 4.21. The van der Waals surface area contributed by atoms with E-state index in [9.17, 15) is 9.59 Å². The maximum atomic E-state index is 12.5. The number of Topliss-reactive ketones (excluding diaryl/α,β-unsaturated/α-hetero) is 1. The van der Waals surface area contributed by atoms with Crippen molar-refractivity contribution in [3.63, 3.8) is 0 Å². The van der Waals surface area contributed by atoms with Gasteiger partial charge in [-0.15, -0.1) is 0 Å². The second-order valence-corrected chi connectivity index (χ2v) is 4.76. The Hall–Kier alpha value is -2.13. The highest BCUT2D eigenvalue weighted by molar-refractivity contribution is 6.38. The number of cyclic esters (lactones) is 1. The largest absolute Gasteiger partial charge is 0.427 e. The zero-order valence-corrected chi connectivity index (χ0v) is 10.6. The molecule has 0 spiro atoms. The lowest BCUT2D eigenvalue weighted by atomic mass is 9.97. The first-order valence-electron chi connectivity index (χ1n) is 5.74. The number of fused-ring (bicyclic) bond motifs is 1. The van der Waals surface area contributed by atoms with E-state index in [0.29, 0.717) is 16.7 Å². The summed E-state index contributed by atoms with van der Waals surface area (Å²) in [5.41, 5.74) is 1.14. The lowest BCUT2D eigenvalue weighted by Crippen LogP contribution is -2.30. The van der Waals surface area contributed by atoms with E-state index in [0.717, 1.165) is 0 Å². The molecular weight excluding hydrogens is 264 g/mol. The highest BCUT2D eigenvalue weighted by Gasteiger charge is 2.50.